The van der Waals surface area contributed by atoms with Crippen molar-refractivity contribution in [1.82, 2.24) is 9.97 Å². The molecule has 0 saturated heterocycles. The Labute approximate surface area is 107 Å². The molecule has 0 aliphatic rings. The molecule has 4 nitrogen and oxygen atoms in total. The first-order valence-corrected chi connectivity index (χ1v) is 5.96. The molecule has 3 N–H and O–H groups in total. The highest BCUT2D eigenvalue weighted by molar-refractivity contribution is 5.50. The van der Waals surface area contributed by atoms with Crippen molar-refractivity contribution < 1.29 is 0 Å². The van der Waals surface area contributed by atoms with Gasteiger partial charge in [0.1, 0.15) is 0 Å². The van der Waals surface area contributed by atoms with Crippen molar-refractivity contribution in [2.45, 2.75) is 27.3 Å². The van der Waals surface area contributed by atoms with Crippen molar-refractivity contribution >= 4 is 11.6 Å². The molecule has 0 atom stereocenters. The smallest absolute Gasteiger partial charge is 0.223 e. The molecule has 0 amide bonds. The number of hydrogen-bond acceptors (Lipinski definition) is 4. The van der Waals surface area contributed by atoms with Gasteiger partial charge in [-0.1, -0.05) is 12.1 Å². The third-order valence-corrected chi connectivity index (χ3v) is 2.91. The van der Waals surface area contributed by atoms with Gasteiger partial charge in [-0.15, -0.1) is 0 Å². The largest absolute Gasteiger partial charge is 0.399 e. The molecule has 0 radical (unpaired) electrons. The van der Waals surface area contributed by atoms with Gasteiger partial charge in [0.2, 0.25) is 5.95 Å². The molecule has 1 aromatic carbocycles. The van der Waals surface area contributed by atoms with E-state index in [1.54, 1.807) is 0 Å². The van der Waals surface area contributed by atoms with Gasteiger partial charge in [0.25, 0.3) is 0 Å². The monoisotopic (exact) mass is 242 g/mol. The van der Waals surface area contributed by atoms with Crippen molar-refractivity contribution in [2.75, 3.05) is 11.1 Å². The maximum absolute atomic E-state index is 5.88. The lowest BCUT2D eigenvalue weighted by atomic mass is 10.1. The second-order valence-electron chi connectivity index (χ2n) is 4.46. The minimum absolute atomic E-state index is 0.661. The molecular formula is C14H18N4. The summed E-state index contributed by atoms with van der Waals surface area (Å²) in [6, 6.07) is 7.88. The summed E-state index contributed by atoms with van der Waals surface area (Å²) in [7, 11) is 0. The van der Waals surface area contributed by atoms with Crippen LogP contribution in [0.5, 0.6) is 0 Å². The molecule has 2 aromatic rings. The van der Waals surface area contributed by atoms with Crippen LogP contribution in [0, 0.1) is 20.8 Å². The maximum Gasteiger partial charge on any atom is 0.223 e. The number of nitrogens with two attached hydrogens (primary N) is 1. The molecule has 18 heavy (non-hydrogen) atoms. The van der Waals surface area contributed by atoms with Crippen LogP contribution in [0.2, 0.25) is 0 Å². The molecule has 0 spiro atoms. The summed E-state index contributed by atoms with van der Waals surface area (Å²) in [4.78, 5) is 8.70. The van der Waals surface area contributed by atoms with E-state index in [2.05, 4.69) is 21.4 Å². The first-order valence-electron chi connectivity index (χ1n) is 5.96. The van der Waals surface area contributed by atoms with Gasteiger partial charge in [-0.3, -0.25) is 0 Å². The summed E-state index contributed by atoms with van der Waals surface area (Å²) in [6.07, 6.45) is 0. The Morgan fingerprint density at radius 1 is 1.11 bits per heavy atom. The Hall–Kier alpha value is -2.10. The molecule has 0 aliphatic carbocycles. The Morgan fingerprint density at radius 3 is 2.44 bits per heavy atom. The number of aryl methyl sites for hydroxylation is 2. The number of rotatable bonds is 3. The third-order valence-electron chi connectivity index (χ3n) is 2.91. The van der Waals surface area contributed by atoms with Gasteiger partial charge in [-0.05, 0) is 44.0 Å². The summed E-state index contributed by atoms with van der Waals surface area (Å²) >= 11 is 0. The SMILES string of the molecule is Cc1cc(C)nc(NCc2cccc(N)c2C)n1. The van der Waals surface area contributed by atoms with Crippen LogP contribution in [0.15, 0.2) is 24.3 Å². The van der Waals surface area contributed by atoms with Gasteiger partial charge >= 0.3 is 0 Å². The lowest BCUT2D eigenvalue weighted by Gasteiger charge is -2.10. The van der Waals surface area contributed by atoms with E-state index >= 15 is 0 Å². The van der Waals surface area contributed by atoms with Gasteiger partial charge in [0.05, 0.1) is 0 Å². The van der Waals surface area contributed by atoms with Crippen LogP contribution in [-0.4, -0.2) is 9.97 Å². The van der Waals surface area contributed by atoms with Crippen LogP contribution in [0.4, 0.5) is 11.6 Å². The summed E-state index contributed by atoms with van der Waals surface area (Å²) in [5.41, 5.74) is 10.9. The molecule has 0 aliphatic heterocycles. The Bertz CT molecular complexity index is 543. The number of aromatic nitrogens is 2. The van der Waals surface area contributed by atoms with Crippen molar-refractivity contribution in [3.8, 4) is 0 Å². The van der Waals surface area contributed by atoms with Gasteiger partial charge in [0.15, 0.2) is 0 Å². The highest BCUT2D eigenvalue weighted by atomic mass is 15.1. The highest BCUT2D eigenvalue weighted by Gasteiger charge is 2.03. The highest BCUT2D eigenvalue weighted by Crippen LogP contribution is 2.16. The van der Waals surface area contributed by atoms with Gasteiger partial charge in [-0.25, -0.2) is 9.97 Å². The molecule has 0 bridgehead atoms. The molecule has 94 valence electrons. The normalized spacial score (nSPS) is 10.4. The number of nitrogens with zero attached hydrogens (tertiary/aromatic N) is 2. The van der Waals surface area contributed by atoms with E-state index in [4.69, 9.17) is 5.73 Å². The first kappa shape index (κ1) is 12.4. The number of nitrogens with one attached hydrogen (secondary N) is 1. The van der Waals surface area contributed by atoms with Crippen LogP contribution in [0.25, 0.3) is 0 Å². The second kappa shape index (κ2) is 5.04. The van der Waals surface area contributed by atoms with E-state index in [0.29, 0.717) is 12.5 Å². The van der Waals surface area contributed by atoms with Crippen molar-refractivity contribution in [3.05, 3.63) is 46.8 Å². The predicted molar refractivity (Wildman–Crippen MR) is 74.4 cm³/mol. The van der Waals surface area contributed by atoms with Gasteiger partial charge < -0.3 is 11.1 Å². The summed E-state index contributed by atoms with van der Waals surface area (Å²) in [6.45, 7) is 6.63. The Balaban J connectivity index is 2.14. The molecule has 0 unspecified atom stereocenters. The van der Waals surface area contributed by atoms with Crippen LogP contribution in [-0.2, 0) is 6.54 Å². The minimum Gasteiger partial charge on any atom is -0.399 e. The molecule has 1 aromatic heterocycles. The van der Waals surface area contributed by atoms with E-state index in [9.17, 15) is 0 Å². The topological polar surface area (TPSA) is 63.8 Å². The van der Waals surface area contributed by atoms with E-state index < -0.39 is 0 Å². The average molecular weight is 242 g/mol. The fourth-order valence-corrected chi connectivity index (χ4v) is 1.87. The quantitative estimate of drug-likeness (QED) is 0.812. The van der Waals surface area contributed by atoms with Crippen LogP contribution in [0.1, 0.15) is 22.5 Å². The maximum atomic E-state index is 5.88. The van der Waals surface area contributed by atoms with Gasteiger partial charge in [0, 0.05) is 23.6 Å². The standard InChI is InChI=1S/C14H18N4/c1-9-7-10(2)18-14(17-9)16-8-12-5-4-6-13(15)11(12)3/h4-7H,8,15H2,1-3H3,(H,16,17,18). The second-order valence-corrected chi connectivity index (χ2v) is 4.46. The summed E-state index contributed by atoms with van der Waals surface area (Å²) in [5, 5.41) is 3.23. The zero-order valence-corrected chi connectivity index (χ0v) is 11.0. The van der Waals surface area contributed by atoms with E-state index in [1.165, 1.54) is 0 Å². The fourth-order valence-electron chi connectivity index (χ4n) is 1.87. The first-order chi connectivity index (χ1) is 8.56. The molecule has 4 heteroatoms. The van der Waals surface area contributed by atoms with Crippen LogP contribution < -0.4 is 11.1 Å². The van der Waals surface area contributed by atoms with Crippen molar-refractivity contribution in [1.29, 1.82) is 0 Å². The minimum atomic E-state index is 0.661. The van der Waals surface area contributed by atoms with Gasteiger partial charge in [-0.2, -0.15) is 0 Å². The number of hydrogen-bond donors (Lipinski definition) is 2. The van der Waals surface area contributed by atoms with Crippen LogP contribution >= 0.6 is 0 Å². The van der Waals surface area contributed by atoms with Crippen molar-refractivity contribution in [3.63, 3.8) is 0 Å². The molecule has 0 fully saturated rings. The predicted octanol–water partition coefficient (Wildman–Crippen LogP) is 2.60. The number of nitrogen functional groups attached to an aromatic ring is 1. The fraction of sp³-hybridized carbons (Fsp3) is 0.286. The number of benzene rings is 1. The molecule has 1 heterocycles. The Kier molecular flexibility index (Phi) is 3.46. The summed E-state index contributed by atoms with van der Waals surface area (Å²) < 4.78 is 0. The van der Waals surface area contributed by atoms with Crippen LogP contribution in [0.3, 0.4) is 0 Å². The molecular weight excluding hydrogens is 224 g/mol. The zero-order chi connectivity index (χ0) is 13.1. The Morgan fingerprint density at radius 2 is 1.78 bits per heavy atom. The summed E-state index contributed by atoms with van der Waals surface area (Å²) in [5.74, 6) is 0.661. The lowest BCUT2D eigenvalue weighted by molar-refractivity contribution is 0.998. The number of anilines is 2. The lowest BCUT2D eigenvalue weighted by Crippen LogP contribution is -2.07. The van der Waals surface area contributed by atoms with E-state index in [-0.39, 0.29) is 0 Å². The van der Waals surface area contributed by atoms with Crippen molar-refractivity contribution in [2.24, 2.45) is 0 Å². The molecule has 2 rings (SSSR count). The third kappa shape index (κ3) is 2.77. The molecule has 0 saturated carbocycles. The zero-order valence-electron chi connectivity index (χ0n) is 11.0. The van der Waals surface area contributed by atoms with E-state index in [0.717, 1.165) is 28.2 Å². The average Bonchev–Trinajstić information content (AvgIpc) is 2.30. The van der Waals surface area contributed by atoms with E-state index in [1.807, 2.05) is 39.0 Å².